The molecule has 0 aromatic rings. The second-order valence-corrected chi connectivity index (χ2v) is 3.85. The van der Waals surface area contributed by atoms with Crippen LogP contribution >= 0.6 is 0 Å². The highest BCUT2D eigenvalue weighted by molar-refractivity contribution is 5.73. The number of nitrogens with one attached hydrogen (secondary N) is 2. The fraction of sp³-hybridized carbons (Fsp3) is 0.333. The fourth-order valence-corrected chi connectivity index (χ4v) is 1.17. The molecule has 0 unspecified atom stereocenters. The normalized spacial score (nSPS) is 11.6. The number of carbonyl (C=O) groups is 2. The number of ether oxygens (including phenoxy) is 1. The second-order valence-electron chi connectivity index (χ2n) is 3.85. The molecule has 2 N–H and O–H groups in total. The van der Waals surface area contributed by atoms with Crippen LogP contribution in [0.15, 0.2) is 48.6 Å². The van der Waals surface area contributed by atoms with Gasteiger partial charge in [0.2, 0.25) is 5.91 Å². The van der Waals surface area contributed by atoms with E-state index in [0.29, 0.717) is 13.1 Å². The van der Waals surface area contributed by atoms with Crippen molar-refractivity contribution < 1.29 is 14.3 Å². The van der Waals surface area contributed by atoms with Crippen molar-refractivity contribution in [3.8, 4) is 0 Å². The summed E-state index contributed by atoms with van der Waals surface area (Å²) in [6.07, 6.45) is 10.3. The van der Waals surface area contributed by atoms with Crippen molar-refractivity contribution >= 4 is 12.0 Å². The average Bonchev–Trinajstić information content (AvgIpc) is 2.42. The van der Waals surface area contributed by atoms with Crippen molar-refractivity contribution in [2.24, 2.45) is 0 Å². The van der Waals surface area contributed by atoms with Crippen molar-refractivity contribution in [1.82, 2.24) is 10.6 Å². The molecule has 0 saturated heterocycles. The Balaban J connectivity index is 4.07. The van der Waals surface area contributed by atoms with Gasteiger partial charge >= 0.3 is 6.09 Å². The molecule has 0 aromatic carbocycles. The average molecular weight is 278 g/mol. The van der Waals surface area contributed by atoms with Gasteiger partial charge in [-0.25, -0.2) is 4.79 Å². The maximum atomic E-state index is 11.4. The third kappa shape index (κ3) is 10.8. The molecule has 0 aliphatic rings. The molecule has 5 nitrogen and oxygen atoms in total. The molecule has 0 fully saturated rings. The quantitative estimate of drug-likeness (QED) is 0.528. The van der Waals surface area contributed by atoms with E-state index in [4.69, 9.17) is 4.74 Å². The first-order valence-corrected chi connectivity index (χ1v) is 6.36. The van der Waals surface area contributed by atoms with Gasteiger partial charge < -0.3 is 15.4 Å². The minimum absolute atomic E-state index is 0.133. The smallest absolute Gasteiger partial charge is 0.407 e. The zero-order valence-corrected chi connectivity index (χ0v) is 12.0. The Hall–Kier alpha value is -2.30. The predicted molar refractivity (Wildman–Crippen MR) is 80.3 cm³/mol. The molecule has 0 aromatic heterocycles. The zero-order chi connectivity index (χ0) is 15.2. The first-order valence-electron chi connectivity index (χ1n) is 6.36. The second kappa shape index (κ2) is 11.8. The van der Waals surface area contributed by atoms with Crippen LogP contribution in [0.2, 0.25) is 0 Å². The summed E-state index contributed by atoms with van der Waals surface area (Å²) in [5, 5.41) is 5.11. The molecule has 5 heteroatoms. The van der Waals surface area contributed by atoms with E-state index in [1.807, 2.05) is 31.2 Å². The molecule has 0 atom stereocenters. The van der Waals surface area contributed by atoms with Crippen LogP contribution in [0, 0.1) is 0 Å². The molecule has 20 heavy (non-hydrogen) atoms. The van der Waals surface area contributed by atoms with E-state index in [9.17, 15) is 9.59 Å². The summed E-state index contributed by atoms with van der Waals surface area (Å²) < 4.78 is 5.05. The molecule has 0 spiro atoms. The lowest BCUT2D eigenvalue weighted by atomic mass is 10.2. The van der Waals surface area contributed by atoms with Crippen LogP contribution in [-0.4, -0.2) is 31.7 Å². The summed E-state index contributed by atoms with van der Waals surface area (Å²) in [7, 11) is 0. The Bertz CT molecular complexity index is 409. The van der Waals surface area contributed by atoms with Crippen molar-refractivity contribution in [2.75, 3.05) is 19.7 Å². The largest absolute Gasteiger partial charge is 0.445 e. The predicted octanol–water partition coefficient (Wildman–Crippen LogP) is 2.09. The Labute approximate surface area is 120 Å². The van der Waals surface area contributed by atoms with Crippen LogP contribution in [0.4, 0.5) is 4.79 Å². The molecule has 0 saturated carbocycles. The van der Waals surface area contributed by atoms with E-state index in [0.717, 1.165) is 5.57 Å². The molecule has 0 rings (SSSR count). The van der Waals surface area contributed by atoms with Gasteiger partial charge in [0, 0.05) is 20.0 Å². The monoisotopic (exact) mass is 278 g/mol. The van der Waals surface area contributed by atoms with Crippen LogP contribution < -0.4 is 10.6 Å². The molecule has 110 valence electrons. The van der Waals surface area contributed by atoms with E-state index in [2.05, 4.69) is 17.2 Å². The number of hydrogen-bond donors (Lipinski definition) is 2. The van der Waals surface area contributed by atoms with Crippen LogP contribution in [0.3, 0.4) is 0 Å². The summed E-state index contributed by atoms with van der Waals surface area (Å²) in [5.74, 6) is -0.133. The topological polar surface area (TPSA) is 67.4 Å². The fourth-order valence-electron chi connectivity index (χ4n) is 1.17. The van der Waals surface area contributed by atoms with E-state index >= 15 is 0 Å². The lowest BCUT2D eigenvalue weighted by Gasteiger charge is -2.07. The molecule has 0 bridgehead atoms. The third-order valence-electron chi connectivity index (χ3n) is 2.09. The van der Waals surface area contributed by atoms with Gasteiger partial charge in [-0.2, -0.15) is 0 Å². The number of amides is 2. The van der Waals surface area contributed by atoms with Gasteiger partial charge in [-0.1, -0.05) is 43.0 Å². The minimum atomic E-state index is -0.520. The third-order valence-corrected chi connectivity index (χ3v) is 2.09. The first kappa shape index (κ1) is 17.7. The van der Waals surface area contributed by atoms with Crippen molar-refractivity contribution in [3.05, 3.63) is 48.6 Å². The van der Waals surface area contributed by atoms with Gasteiger partial charge in [0.25, 0.3) is 0 Å². The van der Waals surface area contributed by atoms with Gasteiger partial charge in [0.1, 0.15) is 6.61 Å². The number of hydrogen-bond acceptors (Lipinski definition) is 3. The van der Waals surface area contributed by atoms with Crippen molar-refractivity contribution in [2.45, 2.75) is 13.8 Å². The zero-order valence-electron chi connectivity index (χ0n) is 12.0. The van der Waals surface area contributed by atoms with Crippen molar-refractivity contribution in [3.63, 3.8) is 0 Å². The summed E-state index contributed by atoms with van der Waals surface area (Å²) in [6, 6.07) is 0. The van der Waals surface area contributed by atoms with Gasteiger partial charge in [0.05, 0.1) is 0 Å². The number of rotatable bonds is 8. The molecule has 0 heterocycles. The number of carbonyl (C=O) groups excluding carboxylic acids is 2. The molecular weight excluding hydrogens is 256 g/mol. The van der Waals surface area contributed by atoms with Crippen LogP contribution in [0.5, 0.6) is 0 Å². The van der Waals surface area contributed by atoms with Crippen LogP contribution in [0.25, 0.3) is 0 Å². The summed E-state index contributed by atoms with van der Waals surface area (Å²) in [6.45, 7) is 7.78. The molecule has 2 amide bonds. The summed E-state index contributed by atoms with van der Waals surface area (Å²) >= 11 is 0. The molecular formula is C15H22N2O3. The van der Waals surface area contributed by atoms with E-state index < -0.39 is 6.09 Å². The molecule has 0 radical (unpaired) electrons. The summed E-state index contributed by atoms with van der Waals surface area (Å²) in [5.41, 5.74) is 0.847. The lowest BCUT2D eigenvalue weighted by Crippen LogP contribution is -2.34. The van der Waals surface area contributed by atoms with Gasteiger partial charge in [0.15, 0.2) is 0 Å². The maximum absolute atomic E-state index is 11.4. The SMILES string of the molecule is C=C\C=C/C(=C\C=C/C)COC(=O)NCCNC(C)=O. The van der Waals surface area contributed by atoms with Crippen molar-refractivity contribution in [1.29, 1.82) is 0 Å². The Morgan fingerprint density at radius 3 is 2.50 bits per heavy atom. The van der Waals surface area contributed by atoms with Gasteiger partial charge in [-0.05, 0) is 12.5 Å². The highest BCUT2D eigenvalue weighted by atomic mass is 16.5. The number of allylic oxidation sites excluding steroid dienone is 5. The van der Waals surface area contributed by atoms with E-state index in [1.54, 1.807) is 12.2 Å². The Morgan fingerprint density at radius 1 is 1.20 bits per heavy atom. The van der Waals surface area contributed by atoms with E-state index in [1.165, 1.54) is 6.92 Å². The minimum Gasteiger partial charge on any atom is -0.445 e. The number of alkyl carbamates (subject to hydrolysis) is 1. The Morgan fingerprint density at radius 2 is 1.90 bits per heavy atom. The standard InChI is InChI=1S/C15H22N2O3/c1-4-6-8-14(9-7-5-2)12-20-15(19)17-11-10-16-13(3)18/h4-9H,1,10-12H2,2-3H3,(H,16,18)(H,17,19)/b7-5-,8-6-,14-9+. The van der Waals surface area contributed by atoms with Gasteiger partial charge in [-0.3, -0.25) is 4.79 Å². The first-order chi connectivity index (χ1) is 9.60. The van der Waals surface area contributed by atoms with E-state index in [-0.39, 0.29) is 12.5 Å². The maximum Gasteiger partial charge on any atom is 0.407 e. The lowest BCUT2D eigenvalue weighted by molar-refractivity contribution is -0.118. The highest BCUT2D eigenvalue weighted by Gasteiger charge is 2.02. The highest BCUT2D eigenvalue weighted by Crippen LogP contribution is 2.00. The van der Waals surface area contributed by atoms with Crippen LogP contribution in [0.1, 0.15) is 13.8 Å². The van der Waals surface area contributed by atoms with Gasteiger partial charge in [-0.15, -0.1) is 0 Å². The molecule has 0 aliphatic heterocycles. The summed E-state index contributed by atoms with van der Waals surface area (Å²) in [4.78, 5) is 22.0. The Kier molecular flexibility index (Phi) is 10.4. The molecule has 0 aliphatic carbocycles. The van der Waals surface area contributed by atoms with Crippen LogP contribution in [-0.2, 0) is 9.53 Å².